The molecule has 0 unspecified atom stereocenters. The summed E-state index contributed by atoms with van der Waals surface area (Å²) in [6.45, 7) is 0. The summed E-state index contributed by atoms with van der Waals surface area (Å²) in [6, 6.07) is 45.1. The van der Waals surface area contributed by atoms with E-state index in [0.29, 0.717) is 0 Å². The van der Waals surface area contributed by atoms with E-state index in [1.165, 1.54) is 89.4 Å². The fourth-order valence-electron chi connectivity index (χ4n) is 8.06. The predicted octanol–water partition coefficient (Wildman–Crippen LogP) is 12.3. The molecular weight excluding hydrogens is 617 g/mol. The second-order valence-electron chi connectivity index (χ2n) is 12.9. The summed E-state index contributed by atoms with van der Waals surface area (Å²) in [4.78, 5) is 1.44. The van der Waals surface area contributed by atoms with E-state index < -0.39 is 0 Å². The monoisotopic (exact) mass is 648 g/mol. The molecule has 2 aliphatic rings. The Labute approximate surface area is 287 Å². The topological polar surface area (TPSA) is 0 Å². The second kappa shape index (κ2) is 11.3. The molecule has 48 heavy (non-hydrogen) atoms. The Balaban J connectivity index is 1.30. The largest absolute Gasteiger partial charge is 0.135 e. The molecular formula is C46H32S2. The summed E-state index contributed by atoms with van der Waals surface area (Å²) in [5.41, 5.74) is 6.66. The second-order valence-corrected chi connectivity index (χ2v) is 15.0. The molecule has 0 amide bonds. The van der Waals surface area contributed by atoms with E-state index >= 15 is 0 Å². The fourth-order valence-corrected chi connectivity index (χ4v) is 10.7. The molecule has 0 nitrogen and oxygen atoms in total. The van der Waals surface area contributed by atoms with Crippen LogP contribution < -0.4 is 10.4 Å². The minimum absolute atomic E-state index is 1.04. The van der Waals surface area contributed by atoms with Crippen LogP contribution in [0.15, 0.2) is 127 Å². The van der Waals surface area contributed by atoms with Crippen molar-refractivity contribution in [3.05, 3.63) is 148 Å². The molecule has 0 spiro atoms. The zero-order chi connectivity index (χ0) is 31.6. The van der Waals surface area contributed by atoms with E-state index in [1.807, 2.05) is 22.7 Å². The van der Waals surface area contributed by atoms with E-state index in [0.717, 1.165) is 25.7 Å². The smallest absolute Gasteiger partial charge is 0.0451 e. The molecule has 0 bridgehead atoms. The molecule has 2 heterocycles. The summed E-state index contributed by atoms with van der Waals surface area (Å²) >= 11 is 3.96. The van der Waals surface area contributed by atoms with E-state index in [1.54, 1.807) is 5.56 Å². The molecule has 0 saturated carbocycles. The van der Waals surface area contributed by atoms with Gasteiger partial charge in [0.15, 0.2) is 0 Å². The molecule has 0 atom stereocenters. The van der Waals surface area contributed by atoms with Gasteiger partial charge >= 0.3 is 0 Å². The van der Waals surface area contributed by atoms with Crippen LogP contribution >= 0.6 is 22.7 Å². The Hall–Kier alpha value is -5.02. The summed E-state index contributed by atoms with van der Waals surface area (Å²) in [6.07, 6.45) is 14.0. The van der Waals surface area contributed by atoms with Gasteiger partial charge in [-0.05, 0) is 98.3 Å². The number of benzene rings is 5. The first kappa shape index (κ1) is 28.0. The van der Waals surface area contributed by atoms with Gasteiger partial charge in [-0.25, -0.2) is 0 Å². The van der Waals surface area contributed by atoms with Crippen molar-refractivity contribution < 1.29 is 0 Å². The minimum atomic E-state index is 1.04. The van der Waals surface area contributed by atoms with Crippen LogP contribution in [0.25, 0.3) is 92.3 Å². The zero-order valence-corrected chi connectivity index (χ0v) is 28.1. The van der Waals surface area contributed by atoms with E-state index in [2.05, 4.69) is 146 Å². The SMILES string of the molecule is C1=Cc2sc3c4ccccc4c4c5cc(-c6ccccccc(-c7cccc8ccccc78)c7c6=CCCC=7)ccc5sc4c3c2CC1. The molecule has 6 aromatic carbocycles. The molecule has 228 valence electrons. The Morgan fingerprint density at radius 1 is 0.479 bits per heavy atom. The molecule has 10 rings (SSSR count). The Morgan fingerprint density at radius 2 is 1.19 bits per heavy atom. The average Bonchev–Trinajstić information content (AvgIpc) is 3.72. The van der Waals surface area contributed by atoms with Gasteiger partial charge in [-0.3, -0.25) is 0 Å². The molecule has 2 aliphatic carbocycles. The molecule has 2 aromatic heterocycles. The third-order valence-electron chi connectivity index (χ3n) is 10.2. The maximum Gasteiger partial charge on any atom is 0.0451 e. The van der Waals surface area contributed by atoms with E-state index in [4.69, 9.17) is 0 Å². The van der Waals surface area contributed by atoms with Crippen molar-refractivity contribution in [2.24, 2.45) is 0 Å². The molecule has 0 saturated heterocycles. The zero-order valence-electron chi connectivity index (χ0n) is 26.5. The number of allylic oxidation sites excluding steroid dienone is 1. The molecule has 2 heteroatoms. The van der Waals surface area contributed by atoms with Crippen LogP contribution in [0.3, 0.4) is 0 Å². The van der Waals surface area contributed by atoms with Gasteiger partial charge in [-0.1, -0.05) is 127 Å². The number of fused-ring (bicyclic) bond motifs is 12. The number of aryl methyl sites for hydroxylation is 1. The van der Waals surface area contributed by atoms with Crippen molar-refractivity contribution in [3.63, 3.8) is 0 Å². The average molecular weight is 649 g/mol. The molecule has 0 fully saturated rings. The Morgan fingerprint density at radius 3 is 2.06 bits per heavy atom. The first-order valence-electron chi connectivity index (χ1n) is 17.0. The van der Waals surface area contributed by atoms with Gasteiger partial charge in [0.1, 0.15) is 0 Å². The fraction of sp³-hybridized carbons (Fsp3) is 0.0870. The lowest BCUT2D eigenvalue weighted by atomic mass is 9.92. The highest BCUT2D eigenvalue weighted by Crippen LogP contribution is 2.49. The van der Waals surface area contributed by atoms with Crippen LogP contribution in [0.1, 0.15) is 29.7 Å². The van der Waals surface area contributed by atoms with Crippen LogP contribution in [0.2, 0.25) is 0 Å². The first-order valence-corrected chi connectivity index (χ1v) is 18.6. The highest BCUT2D eigenvalue weighted by Gasteiger charge is 2.21. The van der Waals surface area contributed by atoms with Gasteiger partial charge in [0.25, 0.3) is 0 Å². The van der Waals surface area contributed by atoms with E-state index in [9.17, 15) is 0 Å². The molecule has 0 aliphatic heterocycles. The number of hydrogen-bond acceptors (Lipinski definition) is 2. The number of hydrogen-bond donors (Lipinski definition) is 0. The first-order chi connectivity index (χ1) is 23.8. The van der Waals surface area contributed by atoms with Crippen molar-refractivity contribution in [2.45, 2.75) is 25.7 Å². The minimum Gasteiger partial charge on any atom is -0.135 e. The Bertz CT molecular complexity index is 2840. The van der Waals surface area contributed by atoms with Crippen molar-refractivity contribution in [3.8, 4) is 22.3 Å². The van der Waals surface area contributed by atoms with Crippen molar-refractivity contribution in [1.29, 1.82) is 0 Å². The van der Waals surface area contributed by atoms with Gasteiger partial charge in [-0.15, -0.1) is 22.7 Å². The van der Waals surface area contributed by atoms with Crippen molar-refractivity contribution in [2.75, 3.05) is 0 Å². The summed E-state index contributed by atoms with van der Waals surface area (Å²) in [7, 11) is 0. The van der Waals surface area contributed by atoms with Crippen LogP contribution in [-0.2, 0) is 6.42 Å². The lowest BCUT2D eigenvalue weighted by Crippen LogP contribution is -2.29. The third-order valence-corrected chi connectivity index (χ3v) is 12.6. The Kier molecular flexibility index (Phi) is 6.60. The number of rotatable bonds is 2. The number of thiophene rings is 2. The van der Waals surface area contributed by atoms with Gasteiger partial charge < -0.3 is 0 Å². The van der Waals surface area contributed by atoms with E-state index in [-0.39, 0.29) is 0 Å². The summed E-state index contributed by atoms with van der Waals surface area (Å²) < 4.78 is 4.26. The molecule has 0 radical (unpaired) electrons. The maximum absolute atomic E-state index is 2.49. The lowest BCUT2D eigenvalue weighted by molar-refractivity contribution is 1.01. The molecule has 8 aromatic rings. The molecule has 0 N–H and O–H groups in total. The van der Waals surface area contributed by atoms with Crippen LogP contribution in [0, 0.1) is 0 Å². The third kappa shape index (κ3) is 4.33. The van der Waals surface area contributed by atoms with Gasteiger partial charge in [0.05, 0.1) is 0 Å². The van der Waals surface area contributed by atoms with Gasteiger partial charge in [0.2, 0.25) is 0 Å². The lowest BCUT2D eigenvalue weighted by Gasteiger charge is -2.12. The summed E-state index contributed by atoms with van der Waals surface area (Å²) in [5, 5.41) is 12.2. The van der Waals surface area contributed by atoms with Crippen LogP contribution in [-0.4, -0.2) is 0 Å². The standard InChI is InChI=1S/C46H32S2/c1-2-4-18-35(34-24-13-15-29-14-5-6-17-31(29)34)36-20-8-7-19-33(36)32(16-3-1)30-26-27-42-40(28-30)43-37-21-9-10-22-38(37)45-44(46(43)48-42)39-23-11-12-25-41(39)47-45/h1-6,9-10,12-22,24-28H,7-8,11,23H2. The maximum atomic E-state index is 2.49. The van der Waals surface area contributed by atoms with Gasteiger partial charge in [0, 0.05) is 40.5 Å². The van der Waals surface area contributed by atoms with Crippen molar-refractivity contribution >= 4 is 92.7 Å². The predicted molar refractivity (Wildman–Crippen MR) is 213 cm³/mol. The summed E-state index contributed by atoms with van der Waals surface area (Å²) in [5.74, 6) is 0. The van der Waals surface area contributed by atoms with Crippen LogP contribution in [0.4, 0.5) is 0 Å². The normalized spacial score (nSPS) is 13.8. The van der Waals surface area contributed by atoms with Crippen molar-refractivity contribution in [1.82, 2.24) is 0 Å². The van der Waals surface area contributed by atoms with Crippen LogP contribution in [0.5, 0.6) is 0 Å². The highest BCUT2D eigenvalue weighted by molar-refractivity contribution is 7.28. The highest BCUT2D eigenvalue weighted by atomic mass is 32.1. The van der Waals surface area contributed by atoms with Gasteiger partial charge in [-0.2, -0.15) is 0 Å². The quantitative estimate of drug-likeness (QED) is 0.175.